The van der Waals surface area contributed by atoms with Crippen LogP contribution in [-0.2, 0) is 14.6 Å². The van der Waals surface area contributed by atoms with Gasteiger partial charge in [-0.1, -0.05) is 12.1 Å². The topological polar surface area (TPSA) is 55.4 Å². The van der Waals surface area contributed by atoms with Crippen LogP contribution >= 0.6 is 0 Å². The van der Waals surface area contributed by atoms with E-state index in [1.807, 2.05) is 13.8 Å². The van der Waals surface area contributed by atoms with Crippen LogP contribution in [-0.4, -0.2) is 33.9 Å². The zero-order valence-corrected chi connectivity index (χ0v) is 11.5. The van der Waals surface area contributed by atoms with Gasteiger partial charge in [0.2, 0.25) is 0 Å². The molecule has 0 aliphatic heterocycles. The number of benzene rings is 1. The van der Waals surface area contributed by atoms with Gasteiger partial charge in [0.15, 0.2) is 9.84 Å². The average Bonchev–Trinajstić information content (AvgIpc) is 2.15. The minimum absolute atomic E-state index is 0.309. The number of para-hydroxylation sites is 1. The Hall–Kier alpha value is -1.07. The Balaban J connectivity index is 3.08. The largest absolute Gasteiger partial charge is 0.382 e. The molecule has 0 radical (unpaired) electrons. The quantitative estimate of drug-likeness (QED) is 0.875. The van der Waals surface area contributed by atoms with Gasteiger partial charge in [0, 0.05) is 13.4 Å². The molecule has 17 heavy (non-hydrogen) atoms. The van der Waals surface area contributed by atoms with E-state index in [9.17, 15) is 8.42 Å². The third-order valence-corrected chi connectivity index (χ3v) is 3.42. The fraction of sp³-hybridized carbons (Fsp3) is 0.500. The van der Waals surface area contributed by atoms with Crippen LogP contribution in [0.15, 0.2) is 29.2 Å². The van der Waals surface area contributed by atoms with Crippen molar-refractivity contribution in [2.45, 2.75) is 24.3 Å². The second-order valence-corrected chi connectivity index (χ2v) is 6.69. The first-order valence-electron chi connectivity index (χ1n) is 5.32. The Labute approximate surface area is 103 Å². The van der Waals surface area contributed by atoms with E-state index in [4.69, 9.17) is 4.74 Å². The van der Waals surface area contributed by atoms with Crippen LogP contribution in [0.2, 0.25) is 0 Å². The van der Waals surface area contributed by atoms with E-state index in [1.54, 1.807) is 31.4 Å². The van der Waals surface area contributed by atoms with Gasteiger partial charge in [-0.2, -0.15) is 0 Å². The van der Waals surface area contributed by atoms with Gasteiger partial charge in [0.25, 0.3) is 0 Å². The second kappa shape index (κ2) is 5.06. The lowest BCUT2D eigenvalue weighted by atomic mass is 10.1. The molecular formula is C12H19NO3S. The summed E-state index contributed by atoms with van der Waals surface area (Å²) in [5, 5.41) is 3.19. The van der Waals surface area contributed by atoms with Crippen molar-refractivity contribution in [2.24, 2.45) is 0 Å². The van der Waals surface area contributed by atoms with E-state index in [0.29, 0.717) is 17.2 Å². The molecule has 0 amide bonds. The highest BCUT2D eigenvalue weighted by Crippen LogP contribution is 2.24. The molecule has 0 unspecified atom stereocenters. The summed E-state index contributed by atoms with van der Waals surface area (Å²) in [6, 6.07) is 6.87. The van der Waals surface area contributed by atoms with Crippen molar-refractivity contribution in [1.29, 1.82) is 0 Å². The van der Waals surface area contributed by atoms with Crippen LogP contribution in [0.25, 0.3) is 0 Å². The van der Waals surface area contributed by atoms with Crippen molar-refractivity contribution in [3.05, 3.63) is 24.3 Å². The Morgan fingerprint density at radius 2 is 1.88 bits per heavy atom. The summed E-state index contributed by atoms with van der Waals surface area (Å²) in [5.74, 6) is 0. The zero-order valence-electron chi connectivity index (χ0n) is 10.6. The van der Waals surface area contributed by atoms with Gasteiger partial charge in [0.1, 0.15) is 0 Å². The summed E-state index contributed by atoms with van der Waals surface area (Å²) in [7, 11) is -1.61. The molecule has 0 aliphatic carbocycles. The van der Waals surface area contributed by atoms with Gasteiger partial charge in [-0.25, -0.2) is 8.42 Å². The highest BCUT2D eigenvalue weighted by molar-refractivity contribution is 7.90. The van der Waals surface area contributed by atoms with E-state index < -0.39 is 9.84 Å². The third-order valence-electron chi connectivity index (χ3n) is 2.26. The number of hydrogen-bond acceptors (Lipinski definition) is 4. The summed E-state index contributed by atoms with van der Waals surface area (Å²) < 4.78 is 28.3. The van der Waals surface area contributed by atoms with E-state index in [0.717, 1.165) is 0 Å². The van der Waals surface area contributed by atoms with Gasteiger partial charge in [-0.15, -0.1) is 0 Å². The molecule has 0 heterocycles. The van der Waals surface area contributed by atoms with Gasteiger partial charge in [-0.05, 0) is 26.0 Å². The number of rotatable bonds is 5. The van der Waals surface area contributed by atoms with Gasteiger partial charge >= 0.3 is 0 Å². The maximum atomic E-state index is 11.6. The normalized spacial score (nSPS) is 12.5. The number of hydrogen-bond donors (Lipinski definition) is 1. The molecule has 0 saturated carbocycles. The highest BCUT2D eigenvalue weighted by atomic mass is 32.2. The molecule has 1 rings (SSSR count). The molecule has 0 atom stereocenters. The standard InChI is InChI=1S/C12H19NO3S/c1-12(2,9-16-3)13-10-7-5-6-8-11(10)17(4,14)15/h5-8,13H,9H2,1-4H3. The number of methoxy groups -OCH3 is 1. The third kappa shape index (κ3) is 4.02. The van der Waals surface area contributed by atoms with Gasteiger partial charge in [-0.3, -0.25) is 0 Å². The number of anilines is 1. The van der Waals surface area contributed by atoms with E-state index in [1.165, 1.54) is 6.26 Å². The van der Waals surface area contributed by atoms with Gasteiger partial charge in [0.05, 0.1) is 22.7 Å². The first-order chi connectivity index (χ1) is 7.76. The number of ether oxygens (including phenoxy) is 1. The summed E-state index contributed by atoms with van der Waals surface area (Å²) >= 11 is 0. The number of sulfone groups is 1. The van der Waals surface area contributed by atoms with Crippen LogP contribution in [0.1, 0.15) is 13.8 Å². The van der Waals surface area contributed by atoms with Crippen molar-refractivity contribution < 1.29 is 13.2 Å². The van der Waals surface area contributed by atoms with Crippen LogP contribution in [0.4, 0.5) is 5.69 Å². The smallest absolute Gasteiger partial charge is 0.177 e. The van der Waals surface area contributed by atoms with E-state index >= 15 is 0 Å². The predicted octanol–water partition coefficient (Wildman–Crippen LogP) is 1.93. The fourth-order valence-electron chi connectivity index (χ4n) is 1.65. The van der Waals surface area contributed by atoms with Crippen molar-refractivity contribution in [2.75, 3.05) is 25.3 Å². The van der Waals surface area contributed by atoms with Crippen molar-refractivity contribution in [3.8, 4) is 0 Å². The minimum Gasteiger partial charge on any atom is -0.382 e. The Bertz CT molecular complexity index is 480. The molecule has 0 bridgehead atoms. The number of nitrogens with one attached hydrogen (secondary N) is 1. The molecule has 0 spiro atoms. The molecule has 5 heteroatoms. The van der Waals surface area contributed by atoms with Crippen LogP contribution in [0.3, 0.4) is 0 Å². The molecule has 0 aromatic heterocycles. The Morgan fingerprint density at radius 1 is 1.29 bits per heavy atom. The Morgan fingerprint density at radius 3 is 2.41 bits per heavy atom. The summed E-state index contributed by atoms with van der Waals surface area (Å²) in [6.07, 6.45) is 1.21. The lowest BCUT2D eigenvalue weighted by molar-refractivity contribution is 0.158. The molecule has 0 fully saturated rings. The first kappa shape index (κ1) is 14.0. The molecule has 0 saturated heterocycles. The molecule has 96 valence electrons. The lowest BCUT2D eigenvalue weighted by Gasteiger charge is -2.27. The fourth-order valence-corrected chi connectivity index (χ4v) is 2.50. The summed E-state index contributed by atoms with van der Waals surface area (Å²) in [5.41, 5.74) is 0.285. The SMILES string of the molecule is COCC(C)(C)Nc1ccccc1S(C)(=O)=O. The minimum atomic E-state index is -3.22. The molecule has 4 nitrogen and oxygen atoms in total. The maximum Gasteiger partial charge on any atom is 0.177 e. The molecule has 1 aromatic rings. The zero-order chi connectivity index (χ0) is 13.1. The summed E-state index contributed by atoms with van der Waals surface area (Å²) in [4.78, 5) is 0.309. The maximum absolute atomic E-state index is 11.6. The first-order valence-corrected chi connectivity index (χ1v) is 7.21. The molecule has 0 aliphatic rings. The van der Waals surface area contributed by atoms with Crippen molar-refractivity contribution in [1.82, 2.24) is 0 Å². The van der Waals surface area contributed by atoms with E-state index in [-0.39, 0.29) is 5.54 Å². The van der Waals surface area contributed by atoms with Crippen LogP contribution < -0.4 is 5.32 Å². The average molecular weight is 257 g/mol. The van der Waals surface area contributed by atoms with Crippen molar-refractivity contribution in [3.63, 3.8) is 0 Å². The molecule has 1 aromatic carbocycles. The monoisotopic (exact) mass is 257 g/mol. The molecule has 1 N–H and O–H groups in total. The second-order valence-electron chi connectivity index (χ2n) is 4.71. The van der Waals surface area contributed by atoms with Gasteiger partial charge < -0.3 is 10.1 Å². The van der Waals surface area contributed by atoms with Crippen molar-refractivity contribution >= 4 is 15.5 Å². The summed E-state index contributed by atoms with van der Waals surface area (Å²) in [6.45, 7) is 4.40. The van der Waals surface area contributed by atoms with Crippen LogP contribution in [0.5, 0.6) is 0 Å². The molecular weight excluding hydrogens is 238 g/mol. The van der Waals surface area contributed by atoms with Crippen LogP contribution in [0, 0.1) is 0 Å². The lowest BCUT2D eigenvalue weighted by Crippen LogP contribution is -2.36. The van der Waals surface area contributed by atoms with E-state index in [2.05, 4.69) is 5.32 Å². The predicted molar refractivity (Wildman–Crippen MR) is 69.1 cm³/mol. The Kier molecular flexibility index (Phi) is 4.16. The highest BCUT2D eigenvalue weighted by Gasteiger charge is 2.21.